The summed E-state index contributed by atoms with van der Waals surface area (Å²) in [5.74, 6) is 2.60. The number of para-hydroxylation sites is 1. The molecule has 0 saturated carbocycles. The summed E-state index contributed by atoms with van der Waals surface area (Å²) in [6.45, 7) is 4.70. The van der Waals surface area contributed by atoms with Crippen LogP contribution in [0.5, 0.6) is 5.75 Å². The molecule has 0 spiro atoms. The third kappa shape index (κ3) is 3.64. The Labute approximate surface area is 160 Å². The summed E-state index contributed by atoms with van der Waals surface area (Å²) in [6.07, 6.45) is 2.48. The molecule has 27 heavy (non-hydrogen) atoms. The van der Waals surface area contributed by atoms with Gasteiger partial charge in [0.05, 0.1) is 12.3 Å². The van der Waals surface area contributed by atoms with E-state index in [1.165, 1.54) is 0 Å². The molecule has 144 valence electrons. The third-order valence-electron chi connectivity index (χ3n) is 5.71. The van der Waals surface area contributed by atoms with E-state index in [2.05, 4.69) is 23.0 Å². The number of benzene rings is 1. The Kier molecular flexibility index (Phi) is 5.02. The predicted octanol–water partition coefficient (Wildman–Crippen LogP) is 2.49. The van der Waals surface area contributed by atoms with E-state index in [1.54, 1.807) is 0 Å². The van der Waals surface area contributed by atoms with Gasteiger partial charge in [0.1, 0.15) is 24.0 Å². The van der Waals surface area contributed by atoms with Crippen LogP contribution in [0.1, 0.15) is 35.5 Å². The number of fused-ring (bicyclic) bond motifs is 2. The van der Waals surface area contributed by atoms with Crippen LogP contribution in [0, 0.1) is 12.3 Å². The molecule has 1 N–H and O–H groups in total. The molecule has 1 saturated heterocycles. The highest BCUT2D eigenvalue weighted by Crippen LogP contribution is 2.35. The monoisotopic (exact) mass is 369 g/mol. The highest BCUT2D eigenvalue weighted by molar-refractivity contribution is 5.53. The van der Waals surface area contributed by atoms with Crippen molar-refractivity contribution >= 4 is 5.82 Å². The standard InChI is InChI=1S/C21H27N3O3/c1-15-22-18-12-27-19-6-4-3-5-16(19)11-17(18)20(23-15)24(2)13-21(14-25)7-9-26-10-8-21/h3-6,25H,7-14H2,1-2H3. The number of anilines is 1. The topological polar surface area (TPSA) is 67.7 Å². The summed E-state index contributed by atoms with van der Waals surface area (Å²) in [4.78, 5) is 11.6. The summed E-state index contributed by atoms with van der Waals surface area (Å²) < 4.78 is 11.5. The van der Waals surface area contributed by atoms with Crippen LogP contribution < -0.4 is 9.64 Å². The van der Waals surface area contributed by atoms with E-state index in [-0.39, 0.29) is 12.0 Å². The van der Waals surface area contributed by atoms with Crippen LogP contribution in [0.2, 0.25) is 0 Å². The van der Waals surface area contributed by atoms with Crippen LogP contribution >= 0.6 is 0 Å². The molecule has 0 radical (unpaired) electrons. The number of aliphatic hydroxyl groups is 1. The molecular weight excluding hydrogens is 342 g/mol. The number of nitrogens with zero attached hydrogens (tertiary/aromatic N) is 3. The Morgan fingerprint density at radius 1 is 1.19 bits per heavy atom. The molecule has 0 amide bonds. The van der Waals surface area contributed by atoms with E-state index >= 15 is 0 Å². The maximum Gasteiger partial charge on any atom is 0.136 e. The van der Waals surface area contributed by atoms with Crippen molar-refractivity contribution in [3.63, 3.8) is 0 Å². The second-order valence-corrected chi connectivity index (χ2v) is 7.72. The first-order valence-corrected chi connectivity index (χ1v) is 9.57. The second-order valence-electron chi connectivity index (χ2n) is 7.72. The lowest BCUT2D eigenvalue weighted by Gasteiger charge is -2.39. The molecule has 0 bridgehead atoms. The zero-order chi connectivity index (χ0) is 18.9. The Balaban J connectivity index is 1.68. The SMILES string of the molecule is Cc1nc2c(c(N(C)CC3(CO)CCOCC3)n1)Cc1ccccc1OC2. The van der Waals surface area contributed by atoms with Gasteiger partial charge in [0, 0.05) is 44.2 Å². The third-order valence-corrected chi connectivity index (χ3v) is 5.71. The minimum Gasteiger partial charge on any atom is -0.487 e. The zero-order valence-corrected chi connectivity index (χ0v) is 16.1. The largest absolute Gasteiger partial charge is 0.487 e. The van der Waals surface area contributed by atoms with Crippen LogP contribution in [-0.4, -0.2) is 48.5 Å². The van der Waals surface area contributed by atoms with Crippen molar-refractivity contribution in [3.05, 3.63) is 46.9 Å². The molecule has 2 aromatic rings. The van der Waals surface area contributed by atoms with Crippen LogP contribution in [0.25, 0.3) is 0 Å². The zero-order valence-electron chi connectivity index (χ0n) is 16.1. The molecular formula is C21H27N3O3. The summed E-state index contributed by atoms with van der Waals surface area (Å²) in [5.41, 5.74) is 3.08. The van der Waals surface area contributed by atoms with Gasteiger partial charge in [-0.25, -0.2) is 9.97 Å². The Morgan fingerprint density at radius 3 is 2.74 bits per heavy atom. The van der Waals surface area contributed by atoms with Gasteiger partial charge in [-0.05, 0) is 31.4 Å². The average molecular weight is 369 g/mol. The molecule has 6 heteroatoms. The lowest BCUT2D eigenvalue weighted by molar-refractivity contribution is -0.0113. The van der Waals surface area contributed by atoms with Crippen molar-refractivity contribution in [1.82, 2.24) is 9.97 Å². The molecule has 3 heterocycles. The molecule has 0 unspecified atom stereocenters. The first-order chi connectivity index (χ1) is 13.1. The molecule has 6 nitrogen and oxygen atoms in total. The quantitative estimate of drug-likeness (QED) is 0.893. The van der Waals surface area contributed by atoms with Gasteiger partial charge < -0.3 is 19.5 Å². The first kappa shape index (κ1) is 18.2. The van der Waals surface area contributed by atoms with Gasteiger partial charge in [-0.2, -0.15) is 0 Å². The fourth-order valence-corrected chi connectivity index (χ4v) is 4.13. The first-order valence-electron chi connectivity index (χ1n) is 9.57. The average Bonchev–Trinajstić information content (AvgIpc) is 2.87. The number of aryl methyl sites for hydroxylation is 1. The number of ether oxygens (including phenoxy) is 2. The van der Waals surface area contributed by atoms with E-state index < -0.39 is 0 Å². The second kappa shape index (κ2) is 7.44. The van der Waals surface area contributed by atoms with Gasteiger partial charge in [0.15, 0.2) is 0 Å². The van der Waals surface area contributed by atoms with E-state index in [0.717, 1.165) is 60.0 Å². The predicted molar refractivity (Wildman–Crippen MR) is 103 cm³/mol. The Morgan fingerprint density at radius 2 is 1.96 bits per heavy atom. The smallest absolute Gasteiger partial charge is 0.136 e. The van der Waals surface area contributed by atoms with E-state index in [9.17, 15) is 5.11 Å². The van der Waals surface area contributed by atoms with Crippen LogP contribution in [0.3, 0.4) is 0 Å². The maximum atomic E-state index is 10.1. The number of rotatable bonds is 4. The maximum absolute atomic E-state index is 10.1. The summed E-state index contributed by atoms with van der Waals surface area (Å²) >= 11 is 0. The number of hydrogen-bond acceptors (Lipinski definition) is 6. The van der Waals surface area contributed by atoms with Crippen molar-refractivity contribution in [1.29, 1.82) is 0 Å². The van der Waals surface area contributed by atoms with Crippen LogP contribution in [-0.2, 0) is 17.8 Å². The van der Waals surface area contributed by atoms with Gasteiger partial charge in [0.25, 0.3) is 0 Å². The van der Waals surface area contributed by atoms with E-state index in [0.29, 0.717) is 19.8 Å². The van der Waals surface area contributed by atoms with Crippen molar-refractivity contribution in [2.75, 3.05) is 38.3 Å². The van der Waals surface area contributed by atoms with Gasteiger partial charge in [-0.1, -0.05) is 18.2 Å². The lowest BCUT2D eigenvalue weighted by Crippen LogP contribution is -2.43. The number of aromatic nitrogens is 2. The molecule has 0 atom stereocenters. The Bertz CT molecular complexity index is 818. The summed E-state index contributed by atoms with van der Waals surface area (Å²) in [6, 6.07) is 8.14. The van der Waals surface area contributed by atoms with Crippen molar-refractivity contribution in [2.24, 2.45) is 5.41 Å². The lowest BCUT2D eigenvalue weighted by atomic mass is 9.80. The van der Waals surface area contributed by atoms with Gasteiger partial charge in [-0.3, -0.25) is 0 Å². The summed E-state index contributed by atoms with van der Waals surface area (Å²) in [5, 5.41) is 10.1. The normalized spacial score (nSPS) is 18.0. The molecule has 1 aromatic carbocycles. The molecule has 2 aliphatic heterocycles. The minimum atomic E-state index is -0.141. The fraction of sp³-hybridized carbons (Fsp3) is 0.524. The van der Waals surface area contributed by atoms with Gasteiger partial charge >= 0.3 is 0 Å². The van der Waals surface area contributed by atoms with Crippen molar-refractivity contribution in [3.8, 4) is 5.75 Å². The van der Waals surface area contributed by atoms with Crippen LogP contribution in [0.15, 0.2) is 24.3 Å². The molecule has 0 aliphatic carbocycles. The highest BCUT2D eigenvalue weighted by Gasteiger charge is 2.34. The van der Waals surface area contributed by atoms with Gasteiger partial charge in [-0.15, -0.1) is 0 Å². The molecule has 1 aromatic heterocycles. The van der Waals surface area contributed by atoms with E-state index in [4.69, 9.17) is 14.5 Å². The highest BCUT2D eigenvalue weighted by atomic mass is 16.5. The van der Waals surface area contributed by atoms with Crippen LogP contribution in [0.4, 0.5) is 5.82 Å². The molecule has 1 fully saturated rings. The summed E-state index contributed by atoms with van der Waals surface area (Å²) in [7, 11) is 2.06. The van der Waals surface area contributed by atoms with E-state index in [1.807, 2.05) is 25.1 Å². The van der Waals surface area contributed by atoms with Gasteiger partial charge in [0.2, 0.25) is 0 Å². The molecule has 4 rings (SSSR count). The minimum absolute atomic E-state index is 0.141. The van der Waals surface area contributed by atoms with Crippen molar-refractivity contribution < 1.29 is 14.6 Å². The van der Waals surface area contributed by atoms with Crippen molar-refractivity contribution in [2.45, 2.75) is 32.8 Å². The molecule has 2 aliphatic rings. The number of aliphatic hydroxyl groups excluding tert-OH is 1. The number of hydrogen-bond donors (Lipinski definition) is 1. The Hall–Kier alpha value is -2.18. The fourth-order valence-electron chi connectivity index (χ4n) is 4.13.